The Morgan fingerprint density at radius 1 is 1.71 bits per heavy atom. The number of nitrogens with one attached hydrogen (secondary N) is 1. The molecule has 0 saturated carbocycles. The van der Waals surface area contributed by atoms with Crippen LogP contribution in [0, 0.1) is 0 Å². The molecule has 0 fully saturated rings. The van der Waals surface area contributed by atoms with E-state index in [4.69, 9.17) is 4.43 Å². The summed E-state index contributed by atoms with van der Waals surface area (Å²) in [4.78, 5) is 3.02. The second-order valence-electron chi connectivity index (χ2n) is 1.41. The summed E-state index contributed by atoms with van der Waals surface area (Å²) in [6, 6.07) is 0. The van der Waals surface area contributed by atoms with Crippen molar-refractivity contribution in [1.82, 2.24) is 4.98 Å². The van der Waals surface area contributed by atoms with E-state index < -0.39 is 0 Å². The van der Waals surface area contributed by atoms with E-state index in [1.54, 1.807) is 0 Å². The van der Waals surface area contributed by atoms with Gasteiger partial charge < -0.3 is 9.41 Å². The van der Waals surface area contributed by atoms with Crippen molar-refractivity contribution in [2.24, 2.45) is 0 Å². The molecule has 0 bridgehead atoms. The summed E-state index contributed by atoms with van der Waals surface area (Å²) in [5.41, 5.74) is 0. The number of hydrogen-bond donors (Lipinski definition) is 1. The predicted molar refractivity (Wildman–Crippen MR) is 33.8 cm³/mol. The quantitative estimate of drug-likeness (QED) is 0.403. The van der Waals surface area contributed by atoms with Gasteiger partial charge in [-0.15, -0.1) is 0 Å². The van der Waals surface area contributed by atoms with E-state index in [0.717, 1.165) is 13.0 Å². The van der Waals surface area contributed by atoms with Gasteiger partial charge in [0.1, 0.15) is 0 Å². The van der Waals surface area contributed by atoms with Gasteiger partial charge in [-0.3, -0.25) is 0 Å². The summed E-state index contributed by atoms with van der Waals surface area (Å²) in [5.74, 6) is 0. The molecule has 0 amide bonds. The van der Waals surface area contributed by atoms with Crippen LogP contribution in [0.4, 0.5) is 0 Å². The highest BCUT2D eigenvalue weighted by atomic mass is 28.2. The zero-order valence-corrected chi connectivity index (χ0v) is 6.44. The molecular weight excluding hydrogens is 106 g/mol. The molecule has 0 unspecified atom stereocenters. The Hall–Kier alpha value is 0.137. The van der Waals surface area contributed by atoms with Gasteiger partial charge in [-0.2, -0.15) is 0 Å². The molecule has 0 aliphatic rings. The van der Waals surface area contributed by atoms with Crippen molar-refractivity contribution in [1.29, 1.82) is 0 Å². The highest BCUT2D eigenvalue weighted by Crippen LogP contribution is 1.72. The fourth-order valence-corrected chi connectivity index (χ4v) is 0.956. The second kappa shape index (κ2) is 6.14. The molecule has 0 spiro atoms. The minimum Gasteiger partial charge on any atom is -0.409 e. The van der Waals surface area contributed by atoms with E-state index in [0.29, 0.717) is 0 Å². The van der Waals surface area contributed by atoms with Crippen LogP contribution in [-0.2, 0) is 4.43 Å². The van der Waals surface area contributed by atoms with E-state index in [9.17, 15) is 0 Å². The summed E-state index contributed by atoms with van der Waals surface area (Å²) in [7, 11) is 1.59. The van der Waals surface area contributed by atoms with Gasteiger partial charge in [-0.05, 0) is 13.5 Å². The third-order valence-electron chi connectivity index (χ3n) is 0.595. The lowest BCUT2D eigenvalue weighted by Crippen LogP contribution is -2.16. The Kier molecular flexibility index (Phi) is 6.26. The van der Waals surface area contributed by atoms with Crippen LogP contribution in [0.1, 0.15) is 13.3 Å². The summed E-state index contributed by atoms with van der Waals surface area (Å²) in [6.45, 7) is 3.04. The maximum atomic E-state index is 5.16. The highest BCUT2D eigenvalue weighted by molar-refractivity contribution is 6.23. The minimum absolute atomic E-state index is 0.339. The predicted octanol–water partition coefficient (Wildman–Crippen LogP) is -0.369. The molecule has 0 aromatic rings. The molecule has 7 heavy (non-hydrogen) atoms. The zero-order valence-electron chi connectivity index (χ0n) is 5.03. The van der Waals surface area contributed by atoms with Gasteiger partial charge in [0.05, 0.1) is 0 Å². The molecule has 1 N–H and O–H groups in total. The van der Waals surface area contributed by atoms with Gasteiger partial charge in [0, 0.05) is 6.61 Å². The first-order valence-electron chi connectivity index (χ1n) is 2.64. The monoisotopic (exact) mass is 119 g/mol. The topological polar surface area (TPSA) is 21.3 Å². The number of rotatable bonds is 4. The molecule has 0 heterocycles. The third kappa shape index (κ3) is 6.14. The van der Waals surface area contributed by atoms with Gasteiger partial charge >= 0.3 is 0 Å². The van der Waals surface area contributed by atoms with Gasteiger partial charge in [0.15, 0.2) is 0 Å². The Balaban J connectivity index is 2.45. The van der Waals surface area contributed by atoms with Gasteiger partial charge in [0.25, 0.3) is 0 Å². The van der Waals surface area contributed by atoms with Crippen molar-refractivity contribution >= 4 is 9.92 Å². The molecule has 44 valence electrons. The first-order chi connectivity index (χ1) is 3.41. The van der Waals surface area contributed by atoms with Crippen LogP contribution < -0.4 is 4.98 Å². The van der Waals surface area contributed by atoms with E-state index >= 15 is 0 Å². The SMILES string of the molecule is CCCO[SiH2]NC. The molecular formula is C4H13NOSi. The zero-order chi connectivity index (χ0) is 5.54. The van der Waals surface area contributed by atoms with E-state index in [1.807, 2.05) is 7.05 Å². The minimum atomic E-state index is -0.339. The summed E-state index contributed by atoms with van der Waals surface area (Å²) in [6.07, 6.45) is 1.13. The smallest absolute Gasteiger partial charge is 0.235 e. The molecule has 0 atom stereocenters. The lowest BCUT2D eigenvalue weighted by atomic mass is 10.5. The lowest BCUT2D eigenvalue weighted by Gasteiger charge is -1.96. The van der Waals surface area contributed by atoms with Crippen molar-refractivity contribution in [3.63, 3.8) is 0 Å². The van der Waals surface area contributed by atoms with Crippen molar-refractivity contribution in [2.45, 2.75) is 13.3 Å². The molecule has 0 rings (SSSR count). The fraction of sp³-hybridized carbons (Fsp3) is 1.00. The Labute approximate surface area is 47.3 Å². The summed E-state index contributed by atoms with van der Waals surface area (Å²) < 4.78 is 5.16. The van der Waals surface area contributed by atoms with E-state index in [-0.39, 0.29) is 9.92 Å². The lowest BCUT2D eigenvalue weighted by molar-refractivity contribution is 0.330. The average molecular weight is 119 g/mol. The maximum Gasteiger partial charge on any atom is 0.235 e. The van der Waals surface area contributed by atoms with Crippen molar-refractivity contribution < 1.29 is 4.43 Å². The molecule has 2 nitrogen and oxygen atoms in total. The van der Waals surface area contributed by atoms with Gasteiger partial charge in [-0.1, -0.05) is 6.92 Å². The molecule has 0 aliphatic carbocycles. The second-order valence-corrected chi connectivity index (χ2v) is 2.81. The number of hydrogen-bond acceptors (Lipinski definition) is 2. The summed E-state index contributed by atoms with van der Waals surface area (Å²) in [5, 5.41) is 0. The normalized spacial score (nSPS) is 11.1. The van der Waals surface area contributed by atoms with Gasteiger partial charge in [-0.25, -0.2) is 0 Å². The van der Waals surface area contributed by atoms with Crippen LogP contribution in [0.3, 0.4) is 0 Å². The van der Waals surface area contributed by atoms with E-state index in [2.05, 4.69) is 11.9 Å². The molecule has 0 aromatic carbocycles. The fourth-order valence-electron chi connectivity index (χ4n) is 0.319. The molecule has 0 saturated heterocycles. The van der Waals surface area contributed by atoms with E-state index in [1.165, 1.54) is 0 Å². The molecule has 0 radical (unpaired) electrons. The first kappa shape index (κ1) is 7.14. The van der Waals surface area contributed by atoms with Crippen molar-refractivity contribution in [3.8, 4) is 0 Å². The largest absolute Gasteiger partial charge is 0.409 e. The molecule has 0 aromatic heterocycles. The van der Waals surface area contributed by atoms with Crippen LogP contribution in [0.25, 0.3) is 0 Å². The third-order valence-corrected chi connectivity index (χ3v) is 1.38. The molecule has 0 aliphatic heterocycles. The van der Waals surface area contributed by atoms with Gasteiger partial charge in [0.2, 0.25) is 9.92 Å². The molecule has 3 heteroatoms. The van der Waals surface area contributed by atoms with Crippen LogP contribution in [0.5, 0.6) is 0 Å². The standard InChI is InChI=1S/C4H13NOSi/c1-3-4-6-7-5-2/h5H,3-4,7H2,1-2H3. The van der Waals surface area contributed by atoms with Crippen LogP contribution in [0.2, 0.25) is 0 Å². The highest BCUT2D eigenvalue weighted by Gasteiger charge is 1.78. The average Bonchev–Trinajstić information content (AvgIpc) is 1.69. The Morgan fingerprint density at radius 2 is 2.43 bits per heavy atom. The first-order valence-corrected chi connectivity index (χ1v) is 3.92. The van der Waals surface area contributed by atoms with Crippen molar-refractivity contribution in [3.05, 3.63) is 0 Å². The van der Waals surface area contributed by atoms with Crippen LogP contribution >= 0.6 is 0 Å². The van der Waals surface area contributed by atoms with Crippen LogP contribution in [-0.4, -0.2) is 23.6 Å². The van der Waals surface area contributed by atoms with Crippen LogP contribution in [0.15, 0.2) is 0 Å². The maximum absolute atomic E-state index is 5.16. The van der Waals surface area contributed by atoms with Crippen molar-refractivity contribution in [2.75, 3.05) is 13.7 Å². The Morgan fingerprint density at radius 3 is 2.86 bits per heavy atom. The summed E-state index contributed by atoms with van der Waals surface area (Å²) >= 11 is 0. The Bertz CT molecular complexity index is 30.9.